The predicted molar refractivity (Wildman–Crippen MR) is 54.9 cm³/mol. The summed E-state index contributed by atoms with van der Waals surface area (Å²) < 4.78 is 4.40. The van der Waals surface area contributed by atoms with Gasteiger partial charge in [0.05, 0.1) is 13.6 Å². The molecule has 2 rings (SSSR count). The molecule has 0 unspecified atom stereocenters. The number of carboxylic acid groups (broad SMARTS) is 1. The van der Waals surface area contributed by atoms with Crippen LogP contribution in [-0.4, -0.2) is 11.0 Å². The molecule has 0 aliphatic rings. The van der Waals surface area contributed by atoms with Crippen molar-refractivity contribution < 1.29 is 14.5 Å². The number of fused-ring (bicyclic) bond motifs is 1. The minimum absolute atomic E-state index is 0.500. The summed E-state index contributed by atoms with van der Waals surface area (Å²) in [6, 6.07) is 8.44. The smallest absolute Gasteiger partial charge is 0.244 e. The summed E-state index contributed by atoms with van der Waals surface area (Å²) in [5.74, 6) is 0. The van der Waals surface area contributed by atoms with Gasteiger partial charge >= 0.3 is 0 Å². The highest BCUT2D eigenvalue weighted by Crippen LogP contribution is 2.08. The number of rotatable bonds is 1. The number of benzene rings is 1. The van der Waals surface area contributed by atoms with Gasteiger partial charge in [-0.25, -0.2) is 9.13 Å². The Morgan fingerprint density at radius 1 is 1.47 bits per heavy atom. The minimum atomic E-state index is -0.500. The van der Waals surface area contributed by atoms with Crippen LogP contribution in [0.3, 0.4) is 0 Å². The number of aryl methyl sites for hydroxylation is 2. The molecule has 0 saturated carbocycles. The molecule has 0 atom stereocenters. The molecule has 1 aromatic heterocycles. The molecule has 0 radical (unpaired) electrons. The zero-order chi connectivity index (χ0) is 11.3. The maximum atomic E-state index is 8.25. The number of hydrogen-bond donors (Lipinski definition) is 0. The van der Waals surface area contributed by atoms with E-state index in [1.165, 1.54) is 11.0 Å². The molecule has 0 aliphatic carbocycles. The Morgan fingerprint density at radius 2 is 2.07 bits per heavy atom. The molecule has 1 heterocycles. The van der Waals surface area contributed by atoms with Gasteiger partial charge in [-0.1, -0.05) is 12.1 Å². The molecule has 1 aromatic carbocycles. The Balaban J connectivity index is 0.000000337. The number of carbonyl (C=O) groups excluding carboxylic acids is 1. The summed E-state index contributed by atoms with van der Waals surface area (Å²) in [4.78, 5) is 8.25. The van der Waals surface area contributed by atoms with Crippen LogP contribution in [0, 0.1) is 0 Å². The molecular formula is C11H14N2O2. The van der Waals surface area contributed by atoms with E-state index >= 15 is 0 Å². The molecule has 15 heavy (non-hydrogen) atoms. The number of para-hydroxylation sites is 2. The molecule has 80 valence electrons. The van der Waals surface area contributed by atoms with Crippen molar-refractivity contribution in [1.29, 1.82) is 0 Å². The van der Waals surface area contributed by atoms with Gasteiger partial charge in [0.15, 0.2) is 11.0 Å². The highest BCUT2D eigenvalue weighted by Gasteiger charge is 2.09. The second-order valence-electron chi connectivity index (χ2n) is 3.10. The van der Waals surface area contributed by atoms with E-state index in [4.69, 9.17) is 9.90 Å². The first kappa shape index (κ1) is 11.2. The summed E-state index contributed by atoms with van der Waals surface area (Å²) in [5.41, 5.74) is 2.60. The molecule has 4 heteroatoms. The van der Waals surface area contributed by atoms with Crippen molar-refractivity contribution in [2.75, 3.05) is 0 Å². The van der Waals surface area contributed by atoms with Crippen molar-refractivity contribution in [2.45, 2.75) is 13.5 Å². The lowest BCUT2D eigenvalue weighted by atomic mass is 10.3. The third-order valence-electron chi connectivity index (χ3n) is 2.22. The average molecular weight is 206 g/mol. The molecule has 0 amide bonds. The fourth-order valence-corrected chi connectivity index (χ4v) is 1.59. The highest BCUT2D eigenvalue weighted by atomic mass is 16.3. The standard InChI is InChI=1S/C10H13N2.CH2O2/c1-3-12-8-11(2)9-6-4-5-7-10(9)12;2-1-3/h4-8H,3H2,1-2H3;1H,(H,2,3)/q+1;/p-1. The molecule has 0 N–H and O–H groups in total. The van der Waals surface area contributed by atoms with E-state index < -0.39 is 6.47 Å². The van der Waals surface area contributed by atoms with Crippen molar-refractivity contribution in [3.8, 4) is 0 Å². The fraction of sp³-hybridized carbons (Fsp3) is 0.273. The second-order valence-corrected chi connectivity index (χ2v) is 3.10. The van der Waals surface area contributed by atoms with Crippen molar-refractivity contribution in [2.24, 2.45) is 7.05 Å². The normalized spacial score (nSPS) is 9.47. The quantitative estimate of drug-likeness (QED) is 0.481. The fourth-order valence-electron chi connectivity index (χ4n) is 1.59. The molecule has 4 nitrogen and oxygen atoms in total. The van der Waals surface area contributed by atoms with Crippen LogP contribution in [-0.2, 0) is 18.4 Å². The lowest BCUT2D eigenvalue weighted by Gasteiger charge is -1.88. The van der Waals surface area contributed by atoms with Crippen molar-refractivity contribution in [3.05, 3.63) is 30.6 Å². The zero-order valence-electron chi connectivity index (χ0n) is 8.88. The van der Waals surface area contributed by atoms with Crippen LogP contribution < -0.4 is 9.67 Å². The molecular weight excluding hydrogens is 192 g/mol. The van der Waals surface area contributed by atoms with Crippen molar-refractivity contribution in [1.82, 2.24) is 4.57 Å². The molecule has 0 saturated heterocycles. The molecule has 0 aliphatic heterocycles. The number of imidazole rings is 1. The molecule has 0 spiro atoms. The summed E-state index contributed by atoms with van der Waals surface area (Å²) in [7, 11) is 2.08. The topological polar surface area (TPSA) is 48.9 Å². The van der Waals surface area contributed by atoms with Crippen LogP contribution in [0.15, 0.2) is 30.6 Å². The van der Waals surface area contributed by atoms with E-state index in [-0.39, 0.29) is 0 Å². The first-order valence-electron chi connectivity index (χ1n) is 4.73. The van der Waals surface area contributed by atoms with Gasteiger partial charge in [-0.15, -0.1) is 0 Å². The largest absolute Gasteiger partial charge is 0.554 e. The van der Waals surface area contributed by atoms with Crippen LogP contribution >= 0.6 is 0 Å². The van der Waals surface area contributed by atoms with E-state index in [2.05, 4.69) is 53.7 Å². The van der Waals surface area contributed by atoms with Gasteiger partial charge in [0.2, 0.25) is 6.33 Å². The van der Waals surface area contributed by atoms with Crippen LogP contribution in [0.1, 0.15) is 6.92 Å². The van der Waals surface area contributed by atoms with Crippen LogP contribution in [0.25, 0.3) is 11.0 Å². The summed E-state index contributed by atoms with van der Waals surface area (Å²) in [5, 5.41) is 8.25. The third-order valence-corrected chi connectivity index (χ3v) is 2.22. The first-order valence-corrected chi connectivity index (χ1v) is 4.73. The number of nitrogens with zero attached hydrogens (tertiary/aromatic N) is 2. The average Bonchev–Trinajstić information content (AvgIpc) is 2.58. The van der Waals surface area contributed by atoms with Crippen LogP contribution in [0.5, 0.6) is 0 Å². The van der Waals surface area contributed by atoms with Crippen LogP contribution in [0.2, 0.25) is 0 Å². The van der Waals surface area contributed by atoms with Gasteiger partial charge in [0.1, 0.15) is 0 Å². The van der Waals surface area contributed by atoms with Gasteiger partial charge in [-0.2, -0.15) is 0 Å². The van der Waals surface area contributed by atoms with Crippen LogP contribution in [0.4, 0.5) is 0 Å². The SMILES string of the molecule is CCn1c[n+](C)c2ccccc21.O=C[O-]. The van der Waals surface area contributed by atoms with E-state index in [1.807, 2.05) is 0 Å². The van der Waals surface area contributed by atoms with Gasteiger partial charge in [0.25, 0.3) is 0 Å². The Hall–Kier alpha value is -1.84. The molecule has 0 bridgehead atoms. The predicted octanol–water partition coefficient (Wildman–Crippen LogP) is -0.148. The third kappa shape index (κ3) is 2.34. The number of carbonyl (C=O) groups is 1. The second kappa shape index (κ2) is 5.14. The maximum absolute atomic E-state index is 8.25. The van der Waals surface area contributed by atoms with Crippen molar-refractivity contribution in [3.63, 3.8) is 0 Å². The van der Waals surface area contributed by atoms with Crippen molar-refractivity contribution >= 4 is 17.5 Å². The van der Waals surface area contributed by atoms with Gasteiger partial charge in [-0.3, -0.25) is 0 Å². The Kier molecular flexibility index (Phi) is 3.85. The molecule has 0 fully saturated rings. The lowest BCUT2D eigenvalue weighted by molar-refractivity contribution is -0.645. The summed E-state index contributed by atoms with van der Waals surface area (Å²) in [6.45, 7) is 2.69. The highest BCUT2D eigenvalue weighted by molar-refractivity contribution is 5.71. The van der Waals surface area contributed by atoms with E-state index in [1.54, 1.807) is 0 Å². The van der Waals surface area contributed by atoms with Gasteiger partial charge < -0.3 is 9.90 Å². The monoisotopic (exact) mass is 206 g/mol. The summed E-state index contributed by atoms with van der Waals surface area (Å²) in [6.07, 6.45) is 2.13. The van der Waals surface area contributed by atoms with E-state index in [0.717, 1.165) is 6.54 Å². The zero-order valence-corrected chi connectivity index (χ0v) is 8.88. The summed E-state index contributed by atoms with van der Waals surface area (Å²) >= 11 is 0. The molecule has 2 aromatic rings. The van der Waals surface area contributed by atoms with Gasteiger partial charge in [-0.05, 0) is 19.1 Å². The Bertz CT molecular complexity index is 449. The number of hydrogen-bond acceptors (Lipinski definition) is 2. The van der Waals surface area contributed by atoms with E-state index in [9.17, 15) is 0 Å². The van der Waals surface area contributed by atoms with Gasteiger partial charge in [0, 0.05) is 6.47 Å². The maximum Gasteiger partial charge on any atom is 0.244 e. The Labute approximate surface area is 88.4 Å². The lowest BCUT2D eigenvalue weighted by Crippen LogP contribution is -2.25. The van der Waals surface area contributed by atoms with E-state index in [0.29, 0.717) is 0 Å². The first-order chi connectivity index (χ1) is 7.24. The number of aromatic nitrogens is 2. The minimum Gasteiger partial charge on any atom is -0.554 e. The Morgan fingerprint density at radius 3 is 2.67 bits per heavy atom.